The largest absolute Gasteiger partial charge is 0.436 e. The van der Waals surface area contributed by atoms with Gasteiger partial charge in [-0.05, 0) is 24.3 Å². The molecule has 0 saturated heterocycles. The highest BCUT2D eigenvalue weighted by atomic mass is 35.5. The van der Waals surface area contributed by atoms with Gasteiger partial charge in [-0.15, -0.1) is 0 Å². The number of aromatic nitrogens is 1. The molecule has 10 heteroatoms. The van der Waals surface area contributed by atoms with Gasteiger partial charge in [0.1, 0.15) is 5.52 Å². The molecule has 136 valence electrons. The molecule has 0 radical (unpaired) electrons. The molecule has 1 unspecified atom stereocenters. The number of amides is 1. The highest BCUT2D eigenvalue weighted by molar-refractivity contribution is 6.43. The Morgan fingerprint density at radius 3 is 2.50 bits per heavy atom. The van der Waals surface area contributed by atoms with Crippen molar-refractivity contribution in [3.8, 4) is 11.5 Å². The number of rotatable bonds is 3. The van der Waals surface area contributed by atoms with Crippen LogP contribution in [-0.2, 0) is 10.4 Å². The van der Waals surface area contributed by atoms with Crippen LogP contribution in [-0.4, -0.2) is 22.2 Å². The van der Waals surface area contributed by atoms with Crippen LogP contribution in [0.3, 0.4) is 0 Å². The van der Waals surface area contributed by atoms with Crippen LogP contribution in [0.5, 0.6) is 0 Å². The van der Waals surface area contributed by atoms with Gasteiger partial charge in [0.2, 0.25) is 5.89 Å². The van der Waals surface area contributed by atoms with Gasteiger partial charge in [0.15, 0.2) is 5.58 Å². The number of hydrogen-bond donors (Lipinski definition) is 2. The maximum absolute atomic E-state index is 13.2. The smallest absolute Gasteiger partial charge is 0.430 e. The number of alkyl halides is 3. The van der Waals surface area contributed by atoms with Crippen molar-refractivity contribution < 1.29 is 27.5 Å². The minimum absolute atomic E-state index is 0.0132. The molecule has 1 aromatic heterocycles. The lowest BCUT2D eigenvalue weighted by Gasteiger charge is -2.27. The van der Waals surface area contributed by atoms with Crippen molar-refractivity contribution in [3.63, 3.8) is 0 Å². The third-order valence-electron chi connectivity index (χ3n) is 3.75. The minimum Gasteiger partial charge on any atom is -0.436 e. The molecule has 1 heterocycles. The molecule has 3 aromatic rings. The number of oxazole rings is 1. The number of primary amides is 1. The van der Waals surface area contributed by atoms with E-state index in [0.29, 0.717) is 5.56 Å². The van der Waals surface area contributed by atoms with Crippen molar-refractivity contribution in [2.75, 3.05) is 0 Å². The Labute approximate surface area is 154 Å². The molecule has 1 amide bonds. The van der Waals surface area contributed by atoms with E-state index in [9.17, 15) is 23.1 Å². The number of carbonyl (C=O) groups excluding carboxylic acids is 1. The topological polar surface area (TPSA) is 89.4 Å². The third-order valence-corrected chi connectivity index (χ3v) is 4.57. The van der Waals surface area contributed by atoms with Crippen LogP contribution in [0.25, 0.3) is 22.6 Å². The second-order valence-electron chi connectivity index (χ2n) is 5.38. The van der Waals surface area contributed by atoms with E-state index in [1.54, 1.807) is 18.2 Å². The molecule has 0 saturated carbocycles. The molecule has 0 spiro atoms. The Bertz CT molecular complexity index is 1020. The first-order chi connectivity index (χ1) is 12.1. The summed E-state index contributed by atoms with van der Waals surface area (Å²) >= 11 is 12.0. The second kappa shape index (κ2) is 6.15. The van der Waals surface area contributed by atoms with Crippen molar-refractivity contribution in [2.45, 2.75) is 11.8 Å². The highest BCUT2D eigenvalue weighted by Gasteiger charge is 2.60. The number of carbonyl (C=O) groups is 1. The van der Waals surface area contributed by atoms with Crippen molar-refractivity contribution in [2.24, 2.45) is 5.73 Å². The van der Waals surface area contributed by atoms with Crippen molar-refractivity contribution in [1.82, 2.24) is 4.98 Å². The van der Waals surface area contributed by atoms with E-state index in [2.05, 4.69) is 4.98 Å². The Balaban J connectivity index is 2.17. The lowest BCUT2D eigenvalue weighted by Crippen LogP contribution is -2.52. The number of benzene rings is 2. The van der Waals surface area contributed by atoms with Crippen LogP contribution < -0.4 is 5.73 Å². The Kier molecular flexibility index (Phi) is 4.38. The van der Waals surface area contributed by atoms with E-state index < -0.39 is 23.2 Å². The zero-order chi connectivity index (χ0) is 19.3. The summed E-state index contributed by atoms with van der Waals surface area (Å²) in [5.74, 6) is -1.94. The summed E-state index contributed by atoms with van der Waals surface area (Å²) in [7, 11) is 0. The van der Waals surface area contributed by atoms with E-state index in [4.69, 9.17) is 33.4 Å². The molecule has 0 aliphatic carbocycles. The predicted molar refractivity (Wildman–Crippen MR) is 88.6 cm³/mol. The quantitative estimate of drug-likeness (QED) is 0.689. The van der Waals surface area contributed by atoms with Gasteiger partial charge in [-0.3, -0.25) is 4.79 Å². The van der Waals surface area contributed by atoms with E-state index >= 15 is 0 Å². The summed E-state index contributed by atoms with van der Waals surface area (Å²) in [6, 6.07) is 7.60. The summed E-state index contributed by atoms with van der Waals surface area (Å²) in [5.41, 5.74) is 0.573. The molecule has 26 heavy (non-hydrogen) atoms. The summed E-state index contributed by atoms with van der Waals surface area (Å²) < 4.78 is 45.0. The number of aliphatic hydroxyl groups is 1. The average Bonchev–Trinajstić information content (AvgIpc) is 2.98. The summed E-state index contributed by atoms with van der Waals surface area (Å²) in [4.78, 5) is 15.3. The second-order valence-corrected chi connectivity index (χ2v) is 6.16. The molecule has 0 aliphatic rings. The van der Waals surface area contributed by atoms with Crippen molar-refractivity contribution in [1.29, 1.82) is 0 Å². The van der Waals surface area contributed by atoms with Gasteiger partial charge in [0.25, 0.3) is 11.5 Å². The van der Waals surface area contributed by atoms with Crippen molar-refractivity contribution >= 4 is 40.2 Å². The molecule has 1 atom stereocenters. The van der Waals surface area contributed by atoms with Gasteiger partial charge in [0.05, 0.1) is 15.6 Å². The predicted octanol–water partition coefficient (Wildman–Crippen LogP) is 4.04. The van der Waals surface area contributed by atoms with Crippen LogP contribution in [0.4, 0.5) is 13.2 Å². The zero-order valence-electron chi connectivity index (χ0n) is 12.6. The first-order valence-corrected chi connectivity index (χ1v) is 7.75. The van der Waals surface area contributed by atoms with Gasteiger partial charge in [-0.25, -0.2) is 4.98 Å². The lowest BCUT2D eigenvalue weighted by atomic mass is 9.92. The van der Waals surface area contributed by atoms with Crippen LogP contribution >= 0.6 is 23.2 Å². The lowest BCUT2D eigenvalue weighted by molar-refractivity contribution is -0.255. The average molecular weight is 405 g/mol. The minimum atomic E-state index is -5.31. The standard InChI is InChI=1S/C16H9Cl2F3N2O3/c17-9-3-1-2-8(12(9)18)13-23-10-6-7(4-5-11(10)26-13)15(25,14(22)24)16(19,20)21/h1-6,25H,(H2,22,24). The van der Waals surface area contributed by atoms with Crippen LogP contribution in [0.2, 0.25) is 10.0 Å². The SMILES string of the molecule is NC(=O)C(O)(c1ccc2oc(-c3cccc(Cl)c3Cl)nc2c1)C(F)(F)F. The first kappa shape index (κ1) is 18.5. The molecule has 3 rings (SSSR count). The van der Waals surface area contributed by atoms with Gasteiger partial charge in [-0.2, -0.15) is 13.2 Å². The summed E-state index contributed by atoms with van der Waals surface area (Å²) in [6.07, 6.45) is -5.31. The van der Waals surface area contributed by atoms with Crippen LogP contribution in [0, 0.1) is 0 Å². The van der Waals surface area contributed by atoms with Gasteiger partial charge < -0.3 is 15.3 Å². The van der Waals surface area contributed by atoms with Crippen LogP contribution in [0.1, 0.15) is 5.56 Å². The monoisotopic (exact) mass is 404 g/mol. The third kappa shape index (κ3) is 2.80. The Morgan fingerprint density at radius 2 is 1.88 bits per heavy atom. The molecule has 5 nitrogen and oxygen atoms in total. The van der Waals surface area contributed by atoms with E-state index in [0.717, 1.165) is 18.2 Å². The van der Waals surface area contributed by atoms with E-state index in [1.807, 2.05) is 0 Å². The van der Waals surface area contributed by atoms with Crippen molar-refractivity contribution in [3.05, 3.63) is 52.0 Å². The first-order valence-electron chi connectivity index (χ1n) is 7.00. The normalized spacial score (nSPS) is 14.4. The number of halogens is 5. The Hall–Kier alpha value is -2.29. The van der Waals surface area contributed by atoms with Crippen LogP contribution in [0.15, 0.2) is 40.8 Å². The van der Waals surface area contributed by atoms with E-state index in [1.165, 1.54) is 0 Å². The molecular weight excluding hydrogens is 396 g/mol. The summed E-state index contributed by atoms with van der Waals surface area (Å²) in [6.45, 7) is 0. The molecule has 0 fully saturated rings. The summed E-state index contributed by atoms with van der Waals surface area (Å²) in [5, 5.41) is 10.3. The molecular formula is C16H9Cl2F3N2O3. The zero-order valence-corrected chi connectivity index (χ0v) is 14.2. The fourth-order valence-corrected chi connectivity index (χ4v) is 2.76. The number of hydrogen-bond acceptors (Lipinski definition) is 4. The molecule has 0 aliphatic heterocycles. The number of fused-ring (bicyclic) bond motifs is 1. The van der Waals surface area contributed by atoms with Gasteiger partial charge in [-0.1, -0.05) is 35.3 Å². The fourth-order valence-electron chi connectivity index (χ4n) is 2.38. The molecule has 3 N–H and O–H groups in total. The number of nitrogens with two attached hydrogens (primary N) is 1. The maximum Gasteiger partial charge on any atom is 0.430 e. The maximum atomic E-state index is 13.2. The molecule has 0 bridgehead atoms. The number of nitrogens with zero attached hydrogens (tertiary/aromatic N) is 1. The molecule has 2 aromatic carbocycles. The van der Waals surface area contributed by atoms with Gasteiger partial charge in [0, 0.05) is 5.56 Å². The Morgan fingerprint density at radius 1 is 1.19 bits per heavy atom. The fraction of sp³-hybridized carbons (Fsp3) is 0.125. The van der Waals surface area contributed by atoms with E-state index in [-0.39, 0.29) is 27.0 Å². The van der Waals surface area contributed by atoms with Gasteiger partial charge >= 0.3 is 6.18 Å². The highest BCUT2D eigenvalue weighted by Crippen LogP contribution is 2.40.